The van der Waals surface area contributed by atoms with Crippen LogP contribution in [0.5, 0.6) is 0 Å². The Bertz CT molecular complexity index is 1070. The van der Waals surface area contributed by atoms with Crippen molar-refractivity contribution in [2.75, 3.05) is 13.1 Å². The molecule has 1 amide bonds. The maximum atomic E-state index is 13.7. The maximum absolute atomic E-state index is 13.7. The lowest BCUT2D eigenvalue weighted by Crippen LogP contribution is -2.62. The summed E-state index contributed by atoms with van der Waals surface area (Å²) in [6.45, 7) is 2.19. The van der Waals surface area contributed by atoms with Crippen LogP contribution in [-0.4, -0.2) is 85.7 Å². The minimum Gasteiger partial charge on any atom is -0.480 e. The number of hydrogen-bond donors (Lipinski definition) is 5. The number of aliphatic imine (C=N–C) groups is 1. The minimum atomic E-state index is -1.99. The number of pyridine rings is 1. The number of nitrogens with one attached hydrogen (secondary N) is 1. The second kappa shape index (κ2) is 10.6. The smallest absolute Gasteiger partial charge is 0.329 e. The first kappa shape index (κ1) is 25.7. The molecule has 0 saturated heterocycles. The van der Waals surface area contributed by atoms with Gasteiger partial charge in [0.1, 0.15) is 6.10 Å². The molecule has 3 rings (SSSR count). The number of allylic oxidation sites excluding steroid dienone is 1. The number of carbonyl (C=O) groups is 3. The zero-order chi connectivity index (χ0) is 25.8. The number of carboxylic acid groups (broad SMARTS) is 1. The van der Waals surface area contributed by atoms with Crippen LogP contribution in [-0.2, 0) is 14.4 Å². The molecule has 1 aromatic heterocycles. The third-order valence-corrected chi connectivity index (χ3v) is 6.06. The molecule has 1 aromatic rings. The lowest BCUT2D eigenvalue weighted by atomic mass is 9.90. The largest absolute Gasteiger partial charge is 0.480 e. The van der Waals surface area contributed by atoms with Gasteiger partial charge in [-0.3, -0.25) is 29.9 Å². The lowest BCUT2D eigenvalue weighted by molar-refractivity contribution is -0.163. The Morgan fingerprint density at radius 2 is 2.11 bits per heavy atom. The summed E-state index contributed by atoms with van der Waals surface area (Å²) in [5, 5.41) is 28.6. The van der Waals surface area contributed by atoms with Crippen LogP contribution in [0.2, 0.25) is 0 Å². The molecule has 0 aromatic carbocycles. The summed E-state index contributed by atoms with van der Waals surface area (Å²) in [4.78, 5) is 49.7. The number of carboxylic acids is 1. The molecular weight excluding hydrogens is 454 g/mol. The summed E-state index contributed by atoms with van der Waals surface area (Å²) in [6.07, 6.45) is 6.55. The van der Waals surface area contributed by atoms with Crippen molar-refractivity contribution < 1.29 is 24.6 Å². The van der Waals surface area contributed by atoms with Crippen LogP contribution in [0, 0.1) is 5.41 Å². The minimum absolute atomic E-state index is 0.122. The Hall–Kier alpha value is -3.90. The molecule has 7 N–H and O–H groups in total. The van der Waals surface area contributed by atoms with Crippen LogP contribution in [0.3, 0.4) is 0 Å². The van der Waals surface area contributed by atoms with E-state index in [-0.39, 0.29) is 30.9 Å². The predicted molar refractivity (Wildman–Crippen MR) is 127 cm³/mol. The highest BCUT2D eigenvalue weighted by Crippen LogP contribution is 2.34. The molecule has 4 unspecified atom stereocenters. The van der Waals surface area contributed by atoms with Crippen LogP contribution in [0.25, 0.3) is 0 Å². The highest BCUT2D eigenvalue weighted by molar-refractivity contribution is 6.00. The van der Waals surface area contributed by atoms with Gasteiger partial charge >= 0.3 is 5.97 Å². The Kier molecular flexibility index (Phi) is 7.77. The molecule has 0 aliphatic carbocycles. The van der Waals surface area contributed by atoms with Gasteiger partial charge in [0, 0.05) is 56.1 Å². The van der Waals surface area contributed by atoms with Crippen LogP contribution >= 0.6 is 0 Å². The van der Waals surface area contributed by atoms with E-state index in [9.17, 15) is 24.6 Å². The number of nitrogens with zero attached hydrogens (tertiary/aromatic N) is 4. The van der Waals surface area contributed by atoms with Crippen molar-refractivity contribution in [2.24, 2.45) is 16.5 Å². The summed E-state index contributed by atoms with van der Waals surface area (Å²) in [6, 6.07) is 0.411. The van der Waals surface area contributed by atoms with Gasteiger partial charge in [0.2, 0.25) is 11.6 Å². The lowest BCUT2D eigenvalue weighted by Gasteiger charge is -2.42. The Morgan fingerprint density at radius 3 is 2.63 bits per heavy atom. The monoisotopic (exact) mass is 483 g/mol. The van der Waals surface area contributed by atoms with Gasteiger partial charge in [-0.2, -0.15) is 0 Å². The van der Waals surface area contributed by atoms with E-state index in [1.54, 1.807) is 11.0 Å². The van der Waals surface area contributed by atoms with Gasteiger partial charge in [-0.15, -0.1) is 0 Å². The van der Waals surface area contributed by atoms with E-state index in [1.165, 1.54) is 49.8 Å². The fraction of sp³-hybridized carbons (Fsp3) is 0.391. The van der Waals surface area contributed by atoms with Crippen LogP contribution in [0.15, 0.2) is 53.3 Å². The fourth-order valence-corrected chi connectivity index (χ4v) is 4.18. The number of aliphatic hydroxyl groups is 1. The van der Waals surface area contributed by atoms with Crippen molar-refractivity contribution in [1.29, 1.82) is 5.41 Å². The van der Waals surface area contributed by atoms with Gasteiger partial charge in [-0.1, -0.05) is 19.1 Å². The molecule has 0 spiro atoms. The van der Waals surface area contributed by atoms with Crippen molar-refractivity contribution in [2.45, 2.75) is 43.6 Å². The van der Waals surface area contributed by atoms with E-state index in [1.807, 2.05) is 0 Å². The highest BCUT2D eigenvalue weighted by atomic mass is 16.4. The SMILES string of the molecule is CCC(=O)N(C(C(=O)O)C(O)c1cccnc1)C1(C(=O)CC(N)C2=CCN(C(=N)N)C2)C=CC=N1. The van der Waals surface area contributed by atoms with Gasteiger partial charge < -0.3 is 26.6 Å². The number of Topliss-reactive ketones (excluding diaryl/α,β-unsaturated/α-hetero) is 1. The zero-order valence-electron chi connectivity index (χ0n) is 19.2. The highest BCUT2D eigenvalue weighted by Gasteiger charge is 2.52. The first-order chi connectivity index (χ1) is 16.6. The molecule has 35 heavy (non-hydrogen) atoms. The van der Waals surface area contributed by atoms with Crippen molar-refractivity contribution in [3.63, 3.8) is 0 Å². The van der Waals surface area contributed by atoms with E-state index in [0.717, 1.165) is 4.90 Å². The second-order valence-electron chi connectivity index (χ2n) is 8.27. The molecule has 2 aliphatic heterocycles. The number of amides is 1. The van der Waals surface area contributed by atoms with Gasteiger partial charge in [-0.05, 0) is 23.8 Å². The quantitative estimate of drug-likeness (QED) is 0.166. The summed E-state index contributed by atoms with van der Waals surface area (Å²) < 4.78 is 0. The summed E-state index contributed by atoms with van der Waals surface area (Å²) in [5.74, 6) is -2.92. The number of carbonyl (C=O) groups excluding carboxylic acids is 2. The van der Waals surface area contributed by atoms with Crippen molar-refractivity contribution in [1.82, 2.24) is 14.8 Å². The average Bonchev–Trinajstić information content (AvgIpc) is 3.53. The predicted octanol–water partition coefficient (Wildman–Crippen LogP) is -0.434. The number of aromatic nitrogens is 1. The van der Waals surface area contributed by atoms with Crippen LogP contribution in [0.4, 0.5) is 0 Å². The molecule has 12 nitrogen and oxygen atoms in total. The van der Waals surface area contributed by atoms with Crippen LogP contribution < -0.4 is 11.5 Å². The normalized spacial score (nSPS) is 21.3. The molecule has 0 bridgehead atoms. The molecule has 0 saturated carbocycles. The van der Waals surface area contributed by atoms with Gasteiger partial charge in [0.25, 0.3) is 0 Å². The van der Waals surface area contributed by atoms with E-state index in [4.69, 9.17) is 16.9 Å². The molecule has 3 heterocycles. The maximum Gasteiger partial charge on any atom is 0.329 e. The van der Waals surface area contributed by atoms with Gasteiger partial charge in [0.15, 0.2) is 17.8 Å². The average molecular weight is 484 g/mol. The number of rotatable bonds is 10. The Labute approximate surface area is 202 Å². The molecular formula is C23H29N7O5. The van der Waals surface area contributed by atoms with Crippen molar-refractivity contribution >= 4 is 29.8 Å². The summed E-state index contributed by atoms with van der Waals surface area (Å²) in [7, 11) is 0. The van der Waals surface area contributed by atoms with Gasteiger partial charge in [-0.25, -0.2) is 4.79 Å². The van der Waals surface area contributed by atoms with Crippen molar-refractivity contribution in [3.8, 4) is 0 Å². The number of ketones is 1. The third kappa shape index (κ3) is 5.12. The molecule has 0 fully saturated rings. The Balaban J connectivity index is 1.97. The number of aliphatic hydroxyl groups excluding tert-OH is 1. The molecule has 4 atom stereocenters. The van der Waals surface area contributed by atoms with E-state index < -0.39 is 41.5 Å². The van der Waals surface area contributed by atoms with E-state index in [0.29, 0.717) is 12.1 Å². The second-order valence-corrected chi connectivity index (χ2v) is 8.27. The van der Waals surface area contributed by atoms with Crippen molar-refractivity contribution in [3.05, 3.63) is 53.9 Å². The first-order valence-corrected chi connectivity index (χ1v) is 11.0. The molecule has 12 heteroatoms. The van der Waals surface area contributed by atoms with E-state index >= 15 is 0 Å². The number of nitrogens with two attached hydrogens (primary N) is 2. The number of aliphatic carboxylic acids is 1. The van der Waals surface area contributed by atoms with Crippen LogP contribution in [0.1, 0.15) is 31.4 Å². The molecule has 2 aliphatic rings. The molecule has 186 valence electrons. The summed E-state index contributed by atoms with van der Waals surface area (Å²) >= 11 is 0. The Morgan fingerprint density at radius 1 is 1.37 bits per heavy atom. The van der Waals surface area contributed by atoms with Gasteiger partial charge in [0.05, 0.1) is 0 Å². The topological polar surface area (TPSA) is 199 Å². The first-order valence-electron chi connectivity index (χ1n) is 11.0. The standard InChI is InChI=1S/C23H29N7O5/c1-2-18(32)30(19(21(34)35)20(33)14-5-3-8-27-12-14)23(7-4-9-28-23)17(31)11-16(24)15-6-10-29(13-15)22(25)26/h3-9,12,16,19-20,33H,2,10-11,13,24H2,1H3,(H3,25,26)(H,34,35). The number of hydrogen-bond acceptors (Lipinski definition) is 8. The fourth-order valence-electron chi connectivity index (χ4n) is 4.18. The third-order valence-electron chi connectivity index (χ3n) is 6.06. The zero-order valence-corrected chi connectivity index (χ0v) is 19.2. The number of guanidine groups is 1. The van der Waals surface area contributed by atoms with E-state index in [2.05, 4.69) is 9.98 Å². The summed E-state index contributed by atoms with van der Waals surface area (Å²) in [5.41, 5.74) is 10.7. The molecule has 0 radical (unpaired) electrons.